The molecule has 0 aliphatic heterocycles. The van der Waals surface area contributed by atoms with Crippen LogP contribution in [0, 0.1) is 0 Å². The molecule has 0 radical (unpaired) electrons. The van der Waals surface area contributed by atoms with Crippen molar-refractivity contribution in [3.63, 3.8) is 0 Å². The van der Waals surface area contributed by atoms with Crippen LogP contribution in [0.5, 0.6) is 0 Å². The summed E-state index contributed by atoms with van der Waals surface area (Å²) in [7, 11) is 0. The van der Waals surface area contributed by atoms with Crippen LogP contribution < -0.4 is 5.32 Å². The Kier molecular flexibility index (Phi) is 6.82. The van der Waals surface area contributed by atoms with Crippen LogP contribution in [0.25, 0.3) is 0 Å². The molecule has 0 saturated carbocycles. The second-order valence-electron chi connectivity index (χ2n) is 6.15. The first-order valence-corrected chi connectivity index (χ1v) is 8.23. The summed E-state index contributed by atoms with van der Waals surface area (Å²) in [5.41, 5.74) is 2.54. The van der Waals surface area contributed by atoms with Gasteiger partial charge in [0.15, 0.2) is 0 Å². The summed E-state index contributed by atoms with van der Waals surface area (Å²) in [4.78, 5) is 14.2. The first kappa shape index (κ1) is 17.2. The molecule has 1 amide bonds. The highest BCUT2D eigenvalue weighted by Crippen LogP contribution is 2.10. The fraction of sp³-hybridized carbons (Fsp3) is 0.350. The average molecular weight is 310 g/mol. The Morgan fingerprint density at radius 3 is 1.83 bits per heavy atom. The summed E-state index contributed by atoms with van der Waals surface area (Å²) in [6.45, 7) is 6.44. The fourth-order valence-corrected chi connectivity index (χ4v) is 2.55. The Bertz CT molecular complexity index is 540. The normalized spacial score (nSPS) is 11.0. The van der Waals surface area contributed by atoms with Gasteiger partial charge in [-0.2, -0.15) is 0 Å². The predicted molar refractivity (Wildman–Crippen MR) is 94.9 cm³/mol. The van der Waals surface area contributed by atoms with Gasteiger partial charge in [0.2, 0.25) is 5.91 Å². The van der Waals surface area contributed by atoms with Crippen LogP contribution in [-0.2, 0) is 17.9 Å². The van der Waals surface area contributed by atoms with E-state index in [0.29, 0.717) is 6.42 Å². The van der Waals surface area contributed by atoms with Crippen LogP contribution >= 0.6 is 0 Å². The largest absolute Gasteiger partial charge is 0.354 e. The highest BCUT2D eigenvalue weighted by Gasteiger charge is 2.10. The lowest BCUT2D eigenvalue weighted by molar-refractivity contribution is -0.122. The maximum atomic E-state index is 11.9. The zero-order valence-electron chi connectivity index (χ0n) is 14.0. The fourth-order valence-electron chi connectivity index (χ4n) is 2.55. The van der Waals surface area contributed by atoms with E-state index < -0.39 is 0 Å². The second-order valence-corrected chi connectivity index (χ2v) is 6.15. The number of hydrogen-bond donors (Lipinski definition) is 1. The van der Waals surface area contributed by atoms with Gasteiger partial charge in [0.25, 0.3) is 0 Å². The van der Waals surface area contributed by atoms with Gasteiger partial charge < -0.3 is 5.32 Å². The molecule has 1 N–H and O–H groups in total. The van der Waals surface area contributed by atoms with Gasteiger partial charge in [0.1, 0.15) is 0 Å². The molecule has 3 heteroatoms. The second kappa shape index (κ2) is 9.11. The van der Waals surface area contributed by atoms with Crippen molar-refractivity contribution >= 4 is 5.91 Å². The summed E-state index contributed by atoms with van der Waals surface area (Å²) in [6, 6.07) is 21.0. The van der Waals surface area contributed by atoms with Gasteiger partial charge in [-0.3, -0.25) is 9.69 Å². The minimum Gasteiger partial charge on any atom is -0.354 e. The van der Waals surface area contributed by atoms with Gasteiger partial charge in [0, 0.05) is 32.1 Å². The van der Waals surface area contributed by atoms with E-state index in [1.807, 2.05) is 26.0 Å². The third-order valence-electron chi connectivity index (χ3n) is 3.60. The van der Waals surface area contributed by atoms with Gasteiger partial charge in [-0.1, -0.05) is 60.7 Å². The minimum atomic E-state index is 0.117. The van der Waals surface area contributed by atoms with Crippen LogP contribution in [-0.4, -0.2) is 23.4 Å². The molecular weight excluding hydrogens is 284 g/mol. The summed E-state index contributed by atoms with van der Waals surface area (Å²) in [6.07, 6.45) is 0.526. The van der Waals surface area contributed by atoms with Crippen molar-refractivity contribution in [1.29, 1.82) is 0 Å². The Morgan fingerprint density at radius 1 is 0.913 bits per heavy atom. The molecule has 2 rings (SSSR count). The molecular formula is C20H26N2O. The monoisotopic (exact) mass is 310 g/mol. The van der Waals surface area contributed by atoms with E-state index in [9.17, 15) is 4.79 Å². The first-order valence-electron chi connectivity index (χ1n) is 8.23. The lowest BCUT2D eigenvalue weighted by Gasteiger charge is -2.22. The highest BCUT2D eigenvalue weighted by atomic mass is 16.1. The zero-order valence-corrected chi connectivity index (χ0v) is 14.0. The van der Waals surface area contributed by atoms with Gasteiger partial charge in [-0.15, -0.1) is 0 Å². The topological polar surface area (TPSA) is 32.3 Å². The molecule has 0 aromatic heterocycles. The third kappa shape index (κ3) is 6.66. The average Bonchev–Trinajstić information content (AvgIpc) is 2.54. The smallest absolute Gasteiger partial charge is 0.221 e. The van der Waals surface area contributed by atoms with Crippen LogP contribution in [0.3, 0.4) is 0 Å². The number of hydrogen-bond acceptors (Lipinski definition) is 2. The van der Waals surface area contributed by atoms with Gasteiger partial charge in [0.05, 0.1) is 0 Å². The number of rotatable bonds is 8. The number of carbonyl (C=O) groups is 1. The molecule has 0 spiro atoms. The lowest BCUT2D eigenvalue weighted by Crippen LogP contribution is -2.34. The quantitative estimate of drug-likeness (QED) is 0.808. The maximum absolute atomic E-state index is 11.9. The number of benzene rings is 2. The molecule has 2 aromatic rings. The Morgan fingerprint density at radius 2 is 1.39 bits per heavy atom. The van der Waals surface area contributed by atoms with E-state index >= 15 is 0 Å². The van der Waals surface area contributed by atoms with Crippen molar-refractivity contribution in [3.8, 4) is 0 Å². The first-order chi connectivity index (χ1) is 11.1. The highest BCUT2D eigenvalue weighted by molar-refractivity contribution is 5.76. The molecule has 0 aliphatic carbocycles. The van der Waals surface area contributed by atoms with Gasteiger partial charge in [-0.25, -0.2) is 0 Å². The third-order valence-corrected chi connectivity index (χ3v) is 3.60. The molecule has 0 heterocycles. The molecule has 0 bridgehead atoms. The molecule has 0 unspecified atom stereocenters. The van der Waals surface area contributed by atoms with Crippen LogP contribution in [0.1, 0.15) is 31.4 Å². The minimum absolute atomic E-state index is 0.117. The zero-order chi connectivity index (χ0) is 16.5. The van der Waals surface area contributed by atoms with E-state index in [0.717, 1.165) is 19.6 Å². The van der Waals surface area contributed by atoms with Crippen molar-refractivity contribution in [1.82, 2.24) is 10.2 Å². The van der Waals surface area contributed by atoms with E-state index in [1.165, 1.54) is 11.1 Å². The van der Waals surface area contributed by atoms with Crippen molar-refractivity contribution in [3.05, 3.63) is 71.8 Å². The van der Waals surface area contributed by atoms with Crippen LogP contribution in [0.2, 0.25) is 0 Å². The molecule has 0 saturated heterocycles. The summed E-state index contributed by atoms with van der Waals surface area (Å²) in [5.74, 6) is 0.117. The van der Waals surface area contributed by atoms with E-state index in [2.05, 4.69) is 58.7 Å². The Hall–Kier alpha value is -2.13. The molecule has 0 fully saturated rings. The number of nitrogens with zero attached hydrogens (tertiary/aromatic N) is 1. The SMILES string of the molecule is CC(C)NC(=O)CCN(Cc1ccccc1)Cc1ccccc1. The Labute approximate surface area is 139 Å². The summed E-state index contributed by atoms with van der Waals surface area (Å²) >= 11 is 0. The summed E-state index contributed by atoms with van der Waals surface area (Å²) in [5, 5.41) is 2.96. The molecule has 0 aliphatic rings. The number of carbonyl (C=O) groups excluding carboxylic acids is 1. The van der Waals surface area contributed by atoms with E-state index in [1.54, 1.807) is 0 Å². The molecule has 0 atom stereocenters. The molecule has 122 valence electrons. The molecule has 23 heavy (non-hydrogen) atoms. The summed E-state index contributed by atoms with van der Waals surface area (Å²) < 4.78 is 0. The van der Waals surface area contributed by atoms with Crippen LogP contribution in [0.15, 0.2) is 60.7 Å². The van der Waals surface area contributed by atoms with Gasteiger partial charge >= 0.3 is 0 Å². The molecule has 3 nitrogen and oxygen atoms in total. The number of nitrogens with one attached hydrogen (secondary N) is 1. The van der Waals surface area contributed by atoms with Crippen molar-refractivity contribution in [2.24, 2.45) is 0 Å². The van der Waals surface area contributed by atoms with Crippen molar-refractivity contribution in [2.75, 3.05) is 6.54 Å². The van der Waals surface area contributed by atoms with Crippen LogP contribution in [0.4, 0.5) is 0 Å². The van der Waals surface area contributed by atoms with Crippen molar-refractivity contribution in [2.45, 2.75) is 39.4 Å². The lowest BCUT2D eigenvalue weighted by atomic mass is 10.1. The molecule has 2 aromatic carbocycles. The maximum Gasteiger partial charge on any atom is 0.221 e. The standard InChI is InChI=1S/C20H26N2O/c1-17(2)21-20(23)13-14-22(15-18-9-5-3-6-10-18)16-19-11-7-4-8-12-19/h3-12,17H,13-16H2,1-2H3,(H,21,23). The van der Waals surface area contributed by atoms with Gasteiger partial charge in [-0.05, 0) is 25.0 Å². The van der Waals surface area contributed by atoms with E-state index in [4.69, 9.17) is 0 Å². The predicted octanol–water partition coefficient (Wildman–Crippen LogP) is 3.60. The Balaban J connectivity index is 1.97. The van der Waals surface area contributed by atoms with Crippen molar-refractivity contribution < 1.29 is 4.79 Å². The van der Waals surface area contributed by atoms with E-state index in [-0.39, 0.29) is 11.9 Å². The number of amides is 1.